The first-order valence-corrected chi connectivity index (χ1v) is 6.89. The van der Waals surface area contributed by atoms with Crippen LogP contribution in [0.25, 0.3) is 0 Å². The standard InChI is InChI=1S/C16H22N2/c17-14-16-9-7-15(8-10-16)6-2-5-13-18-11-3-1-4-12-18/h7-10H,1,3-5,11-14,17H2. The third-order valence-corrected chi connectivity index (χ3v) is 3.42. The molecule has 0 amide bonds. The molecule has 2 nitrogen and oxygen atoms in total. The van der Waals surface area contributed by atoms with Gasteiger partial charge in [-0.25, -0.2) is 0 Å². The van der Waals surface area contributed by atoms with Gasteiger partial charge in [-0.1, -0.05) is 30.4 Å². The van der Waals surface area contributed by atoms with Gasteiger partial charge in [0.2, 0.25) is 0 Å². The minimum atomic E-state index is 0.600. The first-order valence-electron chi connectivity index (χ1n) is 6.89. The van der Waals surface area contributed by atoms with E-state index in [9.17, 15) is 0 Å². The second-order valence-electron chi connectivity index (χ2n) is 4.86. The summed E-state index contributed by atoms with van der Waals surface area (Å²) in [5, 5.41) is 0. The topological polar surface area (TPSA) is 29.3 Å². The van der Waals surface area contributed by atoms with Crippen molar-refractivity contribution in [3.05, 3.63) is 35.4 Å². The number of hydrogen-bond acceptors (Lipinski definition) is 2. The highest BCUT2D eigenvalue weighted by molar-refractivity contribution is 5.36. The lowest BCUT2D eigenvalue weighted by Gasteiger charge is -2.25. The molecule has 0 radical (unpaired) electrons. The summed E-state index contributed by atoms with van der Waals surface area (Å²) in [5.41, 5.74) is 7.81. The van der Waals surface area contributed by atoms with Crippen LogP contribution in [0.15, 0.2) is 24.3 Å². The van der Waals surface area contributed by atoms with Gasteiger partial charge < -0.3 is 10.6 Å². The Kier molecular flexibility index (Phi) is 5.26. The van der Waals surface area contributed by atoms with Gasteiger partial charge >= 0.3 is 0 Å². The molecular formula is C16H22N2. The Labute approximate surface area is 110 Å². The first-order chi connectivity index (χ1) is 8.88. The Morgan fingerprint density at radius 2 is 1.78 bits per heavy atom. The third-order valence-electron chi connectivity index (χ3n) is 3.42. The fourth-order valence-electron chi connectivity index (χ4n) is 2.29. The van der Waals surface area contributed by atoms with Crippen LogP contribution in [0.4, 0.5) is 0 Å². The van der Waals surface area contributed by atoms with E-state index in [0.29, 0.717) is 6.54 Å². The molecular weight excluding hydrogens is 220 g/mol. The monoisotopic (exact) mass is 242 g/mol. The largest absolute Gasteiger partial charge is 0.326 e. The van der Waals surface area contributed by atoms with E-state index >= 15 is 0 Å². The maximum atomic E-state index is 5.56. The number of nitrogens with zero attached hydrogens (tertiary/aromatic N) is 1. The molecule has 18 heavy (non-hydrogen) atoms. The average Bonchev–Trinajstić information content (AvgIpc) is 2.45. The SMILES string of the molecule is NCc1ccc(C#CCCN2CCCCC2)cc1. The fraction of sp³-hybridized carbons (Fsp3) is 0.500. The van der Waals surface area contributed by atoms with Gasteiger partial charge in [-0.3, -0.25) is 0 Å². The van der Waals surface area contributed by atoms with Crippen LogP contribution in [0, 0.1) is 11.8 Å². The molecule has 2 heteroatoms. The molecule has 0 saturated carbocycles. The molecule has 1 fully saturated rings. The van der Waals surface area contributed by atoms with Gasteiger partial charge in [0.15, 0.2) is 0 Å². The van der Waals surface area contributed by atoms with E-state index < -0.39 is 0 Å². The summed E-state index contributed by atoms with van der Waals surface area (Å²) in [5.74, 6) is 6.48. The van der Waals surface area contributed by atoms with E-state index in [1.54, 1.807) is 0 Å². The number of rotatable bonds is 3. The van der Waals surface area contributed by atoms with Gasteiger partial charge in [-0.05, 0) is 43.6 Å². The molecule has 1 saturated heterocycles. The van der Waals surface area contributed by atoms with Crippen molar-refractivity contribution in [3.8, 4) is 11.8 Å². The average molecular weight is 242 g/mol. The molecule has 1 aliphatic heterocycles. The first kappa shape index (κ1) is 13.1. The quantitative estimate of drug-likeness (QED) is 0.825. The van der Waals surface area contributed by atoms with Crippen LogP contribution in [0.1, 0.15) is 36.8 Å². The molecule has 0 bridgehead atoms. The van der Waals surface area contributed by atoms with Crippen LogP contribution in [0.5, 0.6) is 0 Å². The molecule has 96 valence electrons. The van der Waals surface area contributed by atoms with E-state index in [2.05, 4.69) is 41.0 Å². The molecule has 0 unspecified atom stereocenters. The second-order valence-corrected chi connectivity index (χ2v) is 4.86. The lowest BCUT2D eigenvalue weighted by Crippen LogP contribution is -2.30. The molecule has 0 aliphatic carbocycles. The fourth-order valence-corrected chi connectivity index (χ4v) is 2.29. The van der Waals surface area contributed by atoms with Crippen molar-refractivity contribution in [1.29, 1.82) is 0 Å². The molecule has 1 heterocycles. The number of hydrogen-bond donors (Lipinski definition) is 1. The van der Waals surface area contributed by atoms with Crippen molar-refractivity contribution >= 4 is 0 Å². The Bertz CT molecular complexity index is 405. The second kappa shape index (κ2) is 7.20. The maximum absolute atomic E-state index is 5.56. The van der Waals surface area contributed by atoms with E-state index in [4.69, 9.17) is 5.73 Å². The van der Waals surface area contributed by atoms with Crippen LogP contribution >= 0.6 is 0 Å². The highest BCUT2D eigenvalue weighted by Gasteiger charge is 2.07. The van der Waals surface area contributed by atoms with E-state index in [0.717, 1.165) is 24.1 Å². The Morgan fingerprint density at radius 1 is 1.06 bits per heavy atom. The Morgan fingerprint density at radius 3 is 2.44 bits per heavy atom. The van der Waals surface area contributed by atoms with Crippen LogP contribution < -0.4 is 5.73 Å². The molecule has 2 N–H and O–H groups in total. The van der Waals surface area contributed by atoms with Crippen LogP contribution in [0.2, 0.25) is 0 Å². The molecule has 2 rings (SSSR count). The Hall–Kier alpha value is -1.30. The molecule has 1 aromatic carbocycles. The van der Waals surface area contributed by atoms with Crippen molar-refractivity contribution in [2.45, 2.75) is 32.2 Å². The molecule has 1 aliphatic rings. The minimum absolute atomic E-state index is 0.600. The smallest absolute Gasteiger partial charge is 0.0245 e. The molecule has 1 aromatic rings. The highest BCUT2D eigenvalue weighted by Crippen LogP contribution is 2.08. The van der Waals surface area contributed by atoms with Crippen molar-refractivity contribution in [2.24, 2.45) is 5.73 Å². The Balaban J connectivity index is 1.76. The van der Waals surface area contributed by atoms with Gasteiger partial charge in [-0.2, -0.15) is 0 Å². The number of benzene rings is 1. The summed E-state index contributed by atoms with van der Waals surface area (Å²) < 4.78 is 0. The normalized spacial score (nSPS) is 16.1. The summed E-state index contributed by atoms with van der Waals surface area (Å²) >= 11 is 0. The highest BCUT2D eigenvalue weighted by atomic mass is 15.1. The van der Waals surface area contributed by atoms with E-state index in [-0.39, 0.29) is 0 Å². The van der Waals surface area contributed by atoms with Gasteiger partial charge in [-0.15, -0.1) is 0 Å². The predicted octanol–water partition coefficient (Wildman–Crippen LogP) is 2.37. The van der Waals surface area contributed by atoms with E-state index in [1.165, 1.54) is 32.4 Å². The molecule has 0 atom stereocenters. The van der Waals surface area contributed by atoms with Crippen LogP contribution in [0.3, 0.4) is 0 Å². The van der Waals surface area contributed by atoms with E-state index in [1.807, 2.05) is 0 Å². The van der Waals surface area contributed by atoms with Gasteiger partial charge in [0.1, 0.15) is 0 Å². The summed E-state index contributed by atoms with van der Waals surface area (Å²) in [6, 6.07) is 8.20. The van der Waals surface area contributed by atoms with Gasteiger partial charge in [0.25, 0.3) is 0 Å². The summed E-state index contributed by atoms with van der Waals surface area (Å²) in [6.07, 6.45) is 5.08. The van der Waals surface area contributed by atoms with Crippen LogP contribution in [-0.2, 0) is 6.54 Å². The number of nitrogens with two attached hydrogens (primary N) is 1. The zero-order valence-corrected chi connectivity index (χ0v) is 11.0. The zero-order valence-electron chi connectivity index (χ0n) is 11.0. The van der Waals surface area contributed by atoms with Crippen molar-refractivity contribution < 1.29 is 0 Å². The van der Waals surface area contributed by atoms with Crippen molar-refractivity contribution in [2.75, 3.05) is 19.6 Å². The maximum Gasteiger partial charge on any atom is 0.0245 e. The van der Waals surface area contributed by atoms with Crippen molar-refractivity contribution in [3.63, 3.8) is 0 Å². The minimum Gasteiger partial charge on any atom is -0.326 e. The summed E-state index contributed by atoms with van der Waals surface area (Å²) in [4.78, 5) is 2.52. The van der Waals surface area contributed by atoms with Gasteiger partial charge in [0.05, 0.1) is 0 Å². The predicted molar refractivity (Wildman–Crippen MR) is 76.1 cm³/mol. The molecule has 0 spiro atoms. The summed E-state index contributed by atoms with van der Waals surface area (Å²) in [7, 11) is 0. The van der Waals surface area contributed by atoms with Crippen LogP contribution in [-0.4, -0.2) is 24.5 Å². The third kappa shape index (κ3) is 4.18. The van der Waals surface area contributed by atoms with Crippen molar-refractivity contribution in [1.82, 2.24) is 4.90 Å². The lowest BCUT2D eigenvalue weighted by atomic mass is 10.1. The zero-order chi connectivity index (χ0) is 12.6. The number of piperidine rings is 1. The summed E-state index contributed by atoms with van der Waals surface area (Å²) in [6.45, 7) is 4.23. The number of likely N-dealkylation sites (tertiary alicyclic amines) is 1. The lowest BCUT2D eigenvalue weighted by molar-refractivity contribution is 0.234. The van der Waals surface area contributed by atoms with Gasteiger partial charge in [0, 0.05) is 25.1 Å². The molecule has 0 aromatic heterocycles.